The van der Waals surface area contributed by atoms with E-state index in [-0.39, 0.29) is 38.1 Å². The van der Waals surface area contributed by atoms with E-state index in [4.69, 9.17) is 16.6 Å². The number of hydrogen-bond donors (Lipinski definition) is 7. The van der Waals surface area contributed by atoms with Crippen LogP contribution in [0.25, 0.3) is 0 Å². The van der Waals surface area contributed by atoms with Gasteiger partial charge in [0.2, 0.25) is 11.8 Å². The highest BCUT2D eigenvalue weighted by atomic mass is 16.3. The molecule has 0 radical (unpaired) electrons. The van der Waals surface area contributed by atoms with Crippen molar-refractivity contribution in [3.63, 3.8) is 0 Å². The number of urea groups is 1. The molecule has 0 saturated carbocycles. The summed E-state index contributed by atoms with van der Waals surface area (Å²) in [4.78, 5) is 73.9. The first-order valence-corrected chi connectivity index (χ1v) is 12.1. The molecule has 0 spiro atoms. The van der Waals surface area contributed by atoms with Crippen molar-refractivity contribution < 1.29 is 33.9 Å². The maximum atomic E-state index is 13.2. The lowest BCUT2D eigenvalue weighted by atomic mass is 9.84. The number of nitrogens with two attached hydrogens (primary N) is 2. The number of Topliss-reactive ketones (excluding diaryl/α,β-unsaturated/α-hetero) is 1. The predicted molar refractivity (Wildman–Crippen MR) is 133 cm³/mol. The second kappa shape index (κ2) is 15.0. The van der Waals surface area contributed by atoms with Gasteiger partial charge in [-0.3, -0.25) is 39.9 Å². The SMILES string of the molecule is CC(C)(C)C(=O)[C@H](CCCNC(N)O)NC(=O)[C@H](CCCNC(N)=O)NC(=O)CCN1C(=O)C=CC1=O. The van der Waals surface area contributed by atoms with Gasteiger partial charge in [0.15, 0.2) is 12.1 Å². The van der Waals surface area contributed by atoms with Crippen LogP contribution < -0.4 is 32.7 Å². The summed E-state index contributed by atoms with van der Waals surface area (Å²) in [5.41, 5.74) is 9.55. The largest absolute Gasteiger partial charge is 0.366 e. The lowest BCUT2D eigenvalue weighted by molar-refractivity contribution is -0.137. The molecule has 0 bridgehead atoms. The van der Waals surface area contributed by atoms with Gasteiger partial charge in [0.25, 0.3) is 11.8 Å². The number of primary amides is 1. The fourth-order valence-electron chi connectivity index (χ4n) is 3.54. The summed E-state index contributed by atoms with van der Waals surface area (Å²) < 4.78 is 0. The Morgan fingerprint density at radius 3 is 2.08 bits per heavy atom. The maximum absolute atomic E-state index is 13.2. The van der Waals surface area contributed by atoms with E-state index in [9.17, 15) is 28.8 Å². The lowest BCUT2D eigenvalue weighted by Crippen LogP contribution is -2.53. The minimum absolute atomic E-state index is 0.123. The number of carbonyl (C=O) groups is 6. The smallest absolute Gasteiger partial charge is 0.312 e. The molecule has 1 heterocycles. The Labute approximate surface area is 215 Å². The van der Waals surface area contributed by atoms with Gasteiger partial charge >= 0.3 is 6.03 Å². The van der Waals surface area contributed by atoms with Crippen LogP contribution in [0.5, 0.6) is 0 Å². The Bertz CT molecular complexity index is 865. The number of ketones is 1. The zero-order valence-corrected chi connectivity index (χ0v) is 21.5. The number of nitrogens with one attached hydrogen (secondary N) is 4. The first kappa shape index (κ1) is 31.7. The minimum atomic E-state index is -1.21. The quantitative estimate of drug-likeness (QED) is 0.0667. The zero-order chi connectivity index (χ0) is 28.2. The van der Waals surface area contributed by atoms with Gasteiger partial charge in [0, 0.05) is 37.1 Å². The number of amides is 6. The number of carbonyl (C=O) groups excluding carboxylic acids is 6. The number of hydrogen-bond acceptors (Lipinski definition) is 9. The molecule has 1 aliphatic heterocycles. The van der Waals surface area contributed by atoms with Crippen molar-refractivity contribution in [2.45, 2.75) is 71.3 Å². The summed E-state index contributed by atoms with van der Waals surface area (Å²) in [5, 5.41) is 19.5. The summed E-state index contributed by atoms with van der Waals surface area (Å²) in [6.07, 6.45) is 1.89. The highest BCUT2D eigenvalue weighted by Crippen LogP contribution is 2.19. The number of nitrogens with zero attached hydrogens (tertiary/aromatic N) is 1. The van der Waals surface area contributed by atoms with Crippen LogP contribution in [0.2, 0.25) is 0 Å². The molecule has 0 aromatic rings. The molecule has 208 valence electrons. The van der Waals surface area contributed by atoms with Crippen LogP contribution in [0.3, 0.4) is 0 Å². The Morgan fingerprint density at radius 2 is 1.54 bits per heavy atom. The molecule has 0 aromatic heterocycles. The Balaban J connectivity index is 2.87. The van der Waals surface area contributed by atoms with E-state index >= 15 is 0 Å². The van der Waals surface area contributed by atoms with E-state index < -0.39 is 53.5 Å². The van der Waals surface area contributed by atoms with Crippen molar-refractivity contribution >= 4 is 35.4 Å². The second-order valence-electron chi connectivity index (χ2n) is 9.68. The van der Waals surface area contributed by atoms with Crippen LogP contribution >= 0.6 is 0 Å². The van der Waals surface area contributed by atoms with Crippen LogP contribution in [-0.4, -0.2) is 83.5 Å². The Morgan fingerprint density at radius 1 is 0.973 bits per heavy atom. The van der Waals surface area contributed by atoms with Gasteiger partial charge in [0.1, 0.15) is 6.04 Å². The Kier molecular flexibility index (Phi) is 12.9. The van der Waals surface area contributed by atoms with Gasteiger partial charge in [0.05, 0.1) is 6.04 Å². The molecular weight excluding hydrogens is 486 g/mol. The first-order valence-electron chi connectivity index (χ1n) is 12.1. The number of aliphatic hydroxyl groups excluding tert-OH is 1. The third-order valence-electron chi connectivity index (χ3n) is 5.48. The highest BCUT2D eigenvalue weighted by molar-refractivity contribution is 6.13. The summed E-state index contributed by atoms with van der Waals surface area (Å²) in [6.45, 7) is 5.49. The van der Waals surface area contributed by atoms with Crippen molar-refractivity contribution in [2.24, 2.45) is 16.9 Å². The minimum Gasteiger partial charge on any atom is -0.366 e. The van der Waals surface area contributed by atoms with Crippen molar-refractivity contribution in [2.75, 3.05) is 19.6 Å². The molecule has 14 heteroatoms. The molecule has 0 aliphatic carbocycles. The number of rotatable bonds is 16. The van der Waals surface area contributed by atoms with Gasteiger partial charge < -0.3 is 26.8 Å². The molecule has 0 fully saturated rings. The molecule has 14 nitrogen and oxygen atoms in total. The molecule has 1 unspecified atom stereocenters. The van der Waals surface area contributed by atoms with Crippen LogP contribution in [0.4, 0.5) is 4.79 Å². The average molecular weight is 526 g/mol. The van der Waals surface area contributed by atoms with E-state index in [0.717, 1.165) is 17.1 Å². The topological polar surface area (TPSA) is 226 Å². The lowest BCUT2D eigenvalue weighted by Gasteiger charge is -2.28. The maximum Gasteiger partial charge on any atom is 0.312 e. The fraction of sp³-hybridized carbons (Fsp3) is 0.652. The summed E-state index contributed by atoms with van der Waals surface area (Å²) in [7, 11) is 0. The standard InChI is InChI=1S/C23H39N7O7/c1-23(2,3)19(34)14(6-4-11-26-21(24)36)29-20(35)15(7-5-12-27-22(25)37)28-16(31)10-13-30-17(32)8-9-18(30)33/h8-9,14-15,21,26,36H,4-7,10-13,24H2,1-3H3,(H,28,31)(H,29,35)(H3,25,27,37)/t14-,15-,21?/m0/s1. The van der Waals surface area contributed by atoms with Gasteiger partial charge in [-0.05, 0) is 32.2 Å². The molecular formula is C23H39N7O7. The van der Waals surface area contributed by atoms with E-state index in [1.54, 1.807) is 20.8 Å². The van der Waals surface area contributed by atoms with E-state index in [1.165, 1.54) is 0 Å². The van der Waals surface area contributed by atoms with Crippen molar-refractivity contribution in [3.8, 4) is 0 Å². The average Bonchev–Trinajstić information content (AvgIpc) is 3.11. The first-order chi connectivity index (χ1) is 17.2. The molecule has 3 atom stereocenters. The van der Waals surface area contributed by atoms with Crippen molar-refractivity contribution in [3.05, 3.63) is 12.2 Å². The number of imide groups is 1. The van der Waals surface area contributed by atoms with Crippen molar-refractivity contribution in [1.82, 2.24) is 26.2 Å². The van der Waals surface area contributed by atoms with Crippen LogP contribution in [0, 0.1) is 5.41 Å². The molecule has 37 heavy (non-hydrogen) atoms. The highest BCUT2D eigenvalue weighted by Gasteiger charge is 2.32. The molecule has 0 saturated heterocycles. The molecule has 9 N–H and O–H groups in total. The molecule has 0 aromatic carbocycles. The fourth-order valence-corrected chi connectivity index (χ4v) is 3.54. The number of aliphatic hydroxyl groups is 1. The molecule has 1 rings (SSSR count). The third-order valence-corrected chi connectivity index (χ3v) is 5.48. The van der Waals surface area contributed by atoms with Crippen LogP contribution in [-0.2, 0) is 24.0 Å². The third kappa shape index (κ3) is 11.9. The predicted octanol–water partition coefficient (Wildman–Crippen LogP) is -2.06. The van der Waals surface area contributed by atoms with E-state index in [0.29, 0.717) is 19.4 Å². The van der Waals surface area contributed by atoms with E-state index in [2.05, 4.69) is 21.3 Å². The van der Waals surface area contributed by atoms with Gasteiger partial charge in [-0.25, -0.2) is 4.79 Å². The van der Waals surface area contributed by atoms with E-state index in [1.807, 2.05) is 0 Å². The normalized spacial score (nSPS) is 15.8. The van der Waals surface area contributed by atoms with Crippen LogP contribution in [0.15, 0.2) is 12.2 Å². The Hall–Kier alpha value is -3.36. The van der Waals surface area contributed by atoms with Crippen molar-refractivity contribution in [1.29, 1.82) is 0 Å². The molecule has 6 amide bonds. The summed E-state index contributed by atoms with van der Waals surface area (Å²) >= 11 is 0. The molecule has 1 aliphatic rings. The van der Waals surface area contributed by atoms with Gasteiger partial charge in [-0.1, -0.05) is 20.8 Å². The van der Waals surface area contributed by atoms with Crippen LogP contribution in [0.1, 0.15) is 52.9 Å². The van der Waals surface area contributed by atoms with Gasteiger partial charge in [-0.15, -0.1) is 0 Å². The monoisotopic (exact) mass is 525 g/mol. The summed E-state index contributed by atoms with van der Waals surface area (Å²) in [5.74, 6) is -2.44. The van der Waals surface area contributed by atoms with Gasteiger partial charge in [-0.2, -0.15) is 0 Å². The second-order valence-corrected chi connectivity index (χ2v) is 9.68. The zero-order valence-electron chi connectivity index (χ0n) is 21.5. The summed E-state index contributed by atoms with van der Waals surface area (Å²) in [6, 6.07) is -2.64.